The van der Waals surface area contributed by atoms with E-state index in [1.54, 1.807) is 17.5 Å². The summed E-state index contributed by atoms with van der Waals surface area (Å²) in [4.78, 5) is 18.5. The first-order valence-electron chi connectivity index (χ1n) is 7.17. The van der Waals surface area contributed by atoms with Crippen molar-refractivity contribution in [2.24, 2.45) is 0 Å². The molecule has 3 rings (SSSR count). The van der Waals surface area contributed by atoms with Gasteiger partial charge in [0.1, 0.15) is 5.52 Å². The van der Waals surface area contributed by atoms with Crippen molar-refractivity contribution in [2.45, 2.75) is 13.8 Å². The lowest BCUT2D eigenvalue weighted by atomic mass is 10.2. The molecule has 0 spiro atoms. The second-order valence-electron chi connectivity index (χ2n) is 4.96. The van der Waals surface area contributed by atoms with Gasteiger partial charge in [-0.2, -0.15) is 4.98 Å². The number of carbonyl (C=O) groups is 1. The van der Waals surface area contributed by atoms with E-state index in [9.17, 15) is 4.79 Å². The number of hydrogen-bond donors (Lipinski definition) is 0. The minimum atomic E-state index is -0.366. The van der Waals surface area contributed by atoms with Crippen LogP contribution in [0, 0.1) is 6.92 Å². The smallest absolute Gasteiger partial charge is 0.340 e. The summed E-state index contributed by atoms with van der Waals surface area (Å²) in [5.41, 5.74) is 1.91. The molecule has 2 aromatic heterocycles. The van der Waals surface area contributed by atoms with Gasteiger partial charge in [-0.15, -0.1) is 5.10 Å². The van der Waals surface area contributed by atoms with Gasteiger partial charge in [-0.25, -0.2) is 9.31 Å². The van der Waals surface area contributed by atoms with Crippen LogP contribution in [0.3, 0.4) is 0 Å². The zero-order valence-electron chi connectivity index (χ0n) is 12.5. The van der Waals surface area contributed by atoms with E-state index in [0.717, 1.165) is 18.6 Å². The van der Waals surface area contributed by atoms with Crippen LogP contribution in [0.25, 0.3) is 5.52 Å². The van der Waals surface area contributed by atoms with Crippen LogP contribution in [-0.2, 0) is 9.47 Å². The Labute approximate surface area is 132 Å². The zero-order chi connectivity index (χ0) is 15.7. The molecule has 8 heteroatoms. The number of ether oxygens (including phenoxy) is 2. The van der Waals surface area contributed by atoms with Gasteiger partial charge in [-0.1, -0.05) is 0 Å². The molecule has 1 aliphatic rings. The van der Waals surface area contributed by atoms with Crippen molar-refractivity contribution >= 4 is 28.9 Å². The second kappa shape index (κ2) is 6.10. The molecule has 0 atom stereocenters. The van der Waals surface area contributed by atoms with Gasteiger partial charge in [0.15, 0.2) is 5.82 Å². The third-order valence-corrected chi connectivity index (χ3v) is 3.79. The summed E-state index contributed by atoms with van der Waals surface area (Å²) in [7, 11) is 0. The highest BCUT2D eigenvalue weighted by Gasteiger charge is 2.22. The van der Waals surface area contributed by atoms with Crippen LogP contribution >= 0.6 is 11.6 Å². The summed E-state index contributed by atoms with van der Waals surface area (Å²) < 4.78 is 12.1. The van der Waals surface area contributed by atoms with E-state index < -0.39 is 0 Å². The number of nitrogens with zero attached hydrogens (tertiary/aromatic N) is 4. The van der Waals surface area contributed by atoms with Crippen molar-refractivity contribution in [3.8, 4) is 0 Å². The number of halogens is 1. The van der Waals surface area contributed by atoms with Crippen molar-refractivity contribution in [3.63, 3.8) is 0 Å². The first-order chi connectivity index (χ1) is 10.6. The lowest BCUT2D eigenvalue weighted by Gasteiger charge is -2.28. The molecular weight excluding hydrogens is 308 g/mol. The lowest BCUT2D eigenvalue weighted by Crippen LogP contribution is -2.37. The Kier molecular flexibility index (Phi) is 4.17. The fourth-order valence-electron chi connectivity index (χ4n) is 2.56. The van der Waals surface area contributed by atoms with Crippen LogP contribution in [0.15, 0.2) is 6.07 Å². The first kappa shape index (κ1) is 15.1. The number of hydrogen-bond acceptors (Lipinski definition) is 6. The highest BCUT2D eigenvalue weighted by Crippen LogP contribution is 2.26. The topological polar surface area (TPSA) is 69.0 Å². The summed E-state index contributed by atoms with van der Waals surface area (Å²) in [5.74, 6) is 0.344. The Morgan fingerprint density at radius 2 is 2.18 bits per heavy atom. The molecule has 2 aromatic rings. The van der Waals surface area contributed by atoms with Gasteiger partial charge >= 0.3 is 5.97 Å². The Morgan fingerprint density at radius 3 is 2.86 bits per heavy atom. The lowest BCUT2D eigenvalue weighted by molar-refractivity contribution is 0.0525. The predicted octanol–water partition coefficient (Wildman–Crippen LogP) is 1.70. The molecule has 118 valence electrons. The molecule has 1 aliphatic heterocycles. The fraction of sp³-hybridized carbons (Fsp3) is 0.500. The molecule has 0 radical (unpaired) electrons. The molecule has 1 saturated heterocycles. The zero-order valence-corrected chi connectivity index (χ0v) is 13.3. The van der Waals surface area contributed by atoms with Gasteiger partial charge in [0.05, 0.1) is 31.1 Å². The molecule has 0 saturated carbocycles. The highest BCUT2D eigenvalue weighted by atomic mass is 35.5. The van der Waals surface area contributed by atoms with Crippen LogP contribution in [-0.4, -0.2) is 53.5 Å². The Hall–Kier alpha value is -1.86. The molecule has 0 N–H and O–H groups in total. The molecule has 0 unspecified atom stereocenters. The number of fused-ring (bicyclic) bond motifs is 1. The van der Waals surface area contributed by atoms with E-state index in [4.69, 9.17) is 21.1 Å². The average Bonchev–Trinajstić information content (AvgIpc) is 2.85. The van der Waals surface area contributed by atoms with E-state index in [1.807, 2.05) is 6.92 Å². The predicted molar refractivity (Wildman–Crippen MR) is 81.7 cm³/mol. The number of aryl methyl sites for hydroxylation is 1. The quantitative estimate of drug-likeness (QED) is 0.801. The van der Waals surface area contributed by atoms with Crippen LogP contribution < -0.4 is 4.90 Å². The Bertz CT molecular complexity index is 710. The van der Waals surface area contributed by atoms with Crippen molar-refractivity contribution in [1.82, 2.24) is 14.6 Å². The minimum Gasteiger partial charge on any atom is -0.462 e. The molecule has 0 aromatic carbocycles. The number of morpholine rings is 1. The molecule has 1 fully saturated rings. The number of carbonyl (C=O) groups excluding carboxylic acids is 1. The van der Waals surface area contributed by atoms with Gasteiger partial charge < -0.3 is 14.4 Å². The molecule has 7 nitrogen and oxygen atoms in total. The maximum atomic E-state index is 12.1. The van der Waals surface area contributed by atoms with E-state index in [2.05, 4.69) is 15.0 Å². The number of rotatable bonds is 3. The SMILES string of the molecule is CCOC(=O)c1cc2c(N3CCOCC3)nc(Cl)nn2c1C. The second-order valence-corrected chi connectivity index (χ2v) is 5.30. The molecular formula is C14H17ClN4O3. The molecule has 22 heavy (non-hydrogen) atoms. The van der Waals surface area contributed by atoms with Crippen molar-refractivity contribution in [1.29, 1.82) is 0 Å². The Morgan fingerprint density at radius 1 is 1.45 bits per heavy atom. The monoisotopic (exact) mass is 324 g/mol. The van der Waals surface area contributed by atoms with Crippen LogP contribution in [0.2, 0.25) is 5.28 Å². The number of esters is 1. The highest BCUT2D eigenvalue weighted by molar-refractivity contribution is 6.28. The summed E-state index contributed by atoms with van der Waals surface area (Å²) >= 11 is 6.05. The first-order valence-corrected chi connectivity index (χ1v) is 7.55. The largest absolute Gasteiger partial charge is 0.462 e. The third kappa shape index (κ3) is 2.62. The fourth-order valence-corrected chi connectivity index (χ4v) is 2.71. The minimum absolute atomic E-state index is 0.142. The van der Waals surface area contributed by atoms with Crippen molar-refractivity contribution < 1.29 is 14.3 Å². The van der Waals surface area contributed by atoms with Gasteiger partial charge in [-0.05, 0) is 31.5 Å². The van der Waals surface area contributed by atoms with Gasteiger partial charge in [0.25, 0.3) is 0 Å². The van der Waals surface area contributed by atoms with Crippen molar-refractivity contribution in [2.75, 3.05) is 37.8 Å². The van der Waals surface area contributed by atoms with Crippen LogP contribution in [0.4, 0.5) is 5.82 Å². The summed E-state index contributed by atoms with van der Waals surface area (Å²) in [6.07, 6.45) is 0. The van der Waals surface area contributed by atoms with E-state index in [1.165, 1.54) is 0 Å². The molecule has 3 heterocycles. The normalized spacial score (nSPS) is 15.3. The average molecular weight is 325 g/mol. The molecule has 0 amide bonds. The number of aromatic nitrogens is 3. The maximum Gasteiger partial charge on any atom is 0.340 e. The number of anilines is 1. The standard InChI is InChI=1S/C14H17ClN4O3/c1-3-22-13(20)10-8-11-12(18-4-6-21-7-5-18)16-14(15)17-19(11)9(10)2/h8H,3-7H2,1-2H3. The van der Waals surface area contributed by atoms with E-state index >= 15 is 0 Å². The Balaban J connectivity index is 2.12. The summed E-state index contributed by atoms with van der Waals surface area (Å²) in [6.45, 7) is 6.64. The molecule has 0 aliphatic carbocycles. The van der Waals surface area contributed by atoms with E-state index in [-0.39, 0.29) is 11.3 Å². The van der Waals surface area contributed by atoms with Gasteiger partial charge in [0.2, 0.25) is 5.28 Å². The summed E-state index contributed by atoms with van der Waals surface area (Å²) in [5, 5.41) is 4.34. The van der Waals surface area contributed by atoms with Gasteiger partial charge in [-0.3, -0.25) is 0 Å². The third-order valence-electron chi connectivity index (χ3n) is 3.63. The van der Waals surface area contributed by atoms with Crippen molar-refractivity contribution in [3.05, 3.63) is 22.6 Å². The van der Waals surface area contributed by atoms with Crippen LogP contribution in [0.1, 0.15) is 23.0 Å². The maximum absolute atomic E-state index is 12.1. The van der Waals surface area contributed by atoms with E-state index in [0.29, 0.717) is 36.9 Å². The molecule has 0 bridgehead atoms. The van der Waals surface area contributed by atoms with Gasteiger partial charge in [0, 0.05) is 13.1 Å². The summed E-state index contributed by atoms with van der Waals surface area (Å²) in [6, 6.07) is 1.76. The van der Waals surface area contributed by atoms with Crippen LogP contribution in [0.5, 0.6) is 0 Å².